The number of thiophene rings is 1. The van der Waals surface area contributed by atoms with Crippen molar-refractivity contribution in [2.45, 2.75) is 19.4 Å². The second-order valence-electron chi connectivity index (χ2n) is 6.10. The number of nitrogens with zero attached hydrogens (tertiary/aromatic N) is 4. The van der Waals surface area contributed by atoms with E-state index in [1.54, 1.807) is 24.5 Å². The molecule has 0 bridgehead atoms. The molecule has 0 aliphatic heterocycles. The van der Waals surface area contributed by atoms with Crippen LogP contribution in [-0.4, -0.2) is 20.1 Å². The molecule has 132 valence electrons. The molecule has 5 nitrogen and oxygen atoms in total. The number of aryl methyl sites for hydroxylation is 1. The zero-order valence-corrected chi connectivity index (χ0v) is 15.4. The van der Waals surface area contributed by atoms with E-state index in [1.165, 1.54) is 11.3 Å². The zero-order valence-electron chi connectivity index (χ0n) is 14.6. The third kappa shape index (κ3) is 3.31. The number of hydrogen-bond donors (Lipinski definition) is 1. The van der Waals surface area contributed by atoms with Crippen LogP contribution in [0.1, 0.15) is 34.7 Å². The third-order valence-electron chi connectivity index (χ3n) is 4.35. The summed E-state index contributed by atoms with van der Waals surface area (Å²) in [5.41, 5.74) is 3.07. The summed E-state index contributed by atoms with van der Waals surface area (Å²) in [5, 5.41) is 20.8. The molecule has 0 saturated heterocycles. The summed E-state index contributed by atoms with van der Waals surface area (Å²) in [6.45, 7) is 2.05. The van der Waals surface area contributed by atoms with Crippen LogP contribution >= 0.6 is 11.3 Å². The van der Waals surface area contributed by atoms with Gasteiger partial charge in [0.25, 0.3) is 0 Å². The molecule has 0 saturated carbocycles. The maximum absolute atomic E-state index is 10.7. The van der Waals surface area contributed by atoms with Crippen LogP contribution in [0, 0.1) is 11.3 Å². The van der Waals surface area contributed by atoms with Gasteiger partial charge in [-0.25, -0.2) is 9.97 Å². The molecule has 0 aliphatic rings. The Morgan fingerprint density at radius 2 is 2.07 bits per heavy atom. The Bertz CT molecular complexity index is 1150. The Morgan fingerprint density at radius 3 is 2.81 bits per heavy atom. The van der Waals surface area contributed by atoms with Gasteiger partial charge in [-0.1, -0.05) is 25.1 Å². The number of aliphatic hydroxyl groups excluding tert-OH is 1. The average Bonchev–Trinajstić information content (AvgIpc) is 3.17. The van der Waals surface area contributed by atoms with Crippen LogP contribution in [0.3, 0.4) is 0 Å². The lowest BCUT2D eigenvalue weighted by Crippen LogP contribution is -1.97. The van der Waals surface area contributed by atoms with Gasteiger partial charge in [0.05, 0.1) is 17.3 Å². The van der Waals surface area contributed by atoms with E-state index in [0.717, 1.165) is 38.3 Å². The molecule has 3 heterocycles. The Labute approximate surface area is 160 Å². The highest BCUT2D eigenvalue weighted by atomic mass is 32.1. The number of hydrogen-bond acceptors (Lipinski definition) is 6. The summed E-state index contributed by atoms with van der Waals surface area (Å²) >= 11 is 1.45. The van der Waals surface area contributed by atoms with Crippen LogP contribution in [-0.2, 0) is 6.42 Å². The quantitative estimate of drug-likeness (QED) is 0.578. The van der Waals surface area contributed by atoms with Crippen molar-refractivity contribution in [2.24, 2.45) is 0 Å². The van der Waals surface area contributed by atoms with Gasteiger partial charge in [-0.2, -0.15) is 5.26 Å². The van der Waals surface area contributed by atoms with Crippen molar-refractivity contribution >= 4 is 21.6 Å². The lowest BCUT2D eigenvalue weighted by molar-refractivity contribution is 0.224. The van der Waals surface area contributed by atoms with Gasteiger partial charge in [0.2, 0.25) is 0 Å². The fourth-order valence-corrected chi connectivity index (χ4v) is 4.03. The van der Waals surface area contributed by atoms with Crippen LogP contribution in [0.5, 0.6) is 0 Å². The van der Waals surface area contributed by atoms with Gasteiger partial charge in [0.15, 0.2) is 5.82 Å². The molecule has 0 spiro atoms. The van der Waals surface area contributed by atoms with Crippen LogP contribution in [0.4, 0.5) is 0 Å². The second-order valence-corrected chi connectivity index (χ2v) is 7.16. The molecular formula is C21H16N4OS. The molecule has 1 unspecified atom stereocenters. The standard InChI is InChI=1S/C21H16N4OS/c1-2-17-16-10-18(19(26)15-7-4-8-23-12-15)27-21(16)25-20(24-17)14-6-3-5-13(9-14)11-22/h3-10,12,19,26H,2H2,1H3. The monoisotopic (exact) mass is 372 g/mol. The molecule has 0 radical (unpaired) electrons. The fraction of sp³-hybridized carbons (Fsp3) is 0.143. The maximum Gasteiger partial charge on any atom is 0.161 e. The van der Waals surface area contributed by atoms with Gasteiger partial charge in [-0.05, 0) is 30.7 Å². The smallest absolute Gasteiger partial charge is 0.161 e. The first-order chi connectivity index (χ1) is 13.2. The first kappa shape index (κ1) is 17.3. The lowest BCUT2D eigenvalue weighted by atomic mass is 10.1. The SMILES string of the molecule is CCc1nc(-c2cccc(C#N)c2)nc2sc(C(O)c3cccnc3)cc12. The first-order valence-electron chi connectivity index (χ1n) is 8.58. The molecule has 27 heavy (non-hydrogen) atoms. The number of benzene rings is 1. The van der Waals surface area contributed by atoms with Crippen LogP contribution in [0.15, 0.2) is 54.9 Å². The number of aromatic nitrogens is 3. The van der Waals surface area contributed by atoms with E-state index in [4.69, 9.17) is 15.2 Å². The summed E-state index contributed by atoms with van der Waals surface area (Å²) in [4.78, 5) is 15.1. The highest BCUT2D eigenvalue weighted by Crippen LogP contribution is 2.34. The number of pyridine rings is 1. The van der Waals surface area contributed by atoms with Gasteiger partial charge >= 0.3 is 0 Å². The van der Waals surface area contributed by atoms with E-state index in [-0.39, 0.29) is 0 Å². The molecule has 6 heteroatoms. The highest BCUT2D eigenvalue weighted by molar-refractivity contribution is 7.18. The minimum absolute atomic E-state index is 0.577. The molecule has 0 amide bonds. The van der Waals surface area contributed by atoms with E-state index < -0.39 is 6.10 Å². The van der Waals surface area contributed by atoms with Gasteiger partial charge in [0, 0.05) is 33.8 Å². The minimum atomic E-state index is -0.743. The summed E-state index contributed by atoms with van der Waals surface area (Å²) in [6.07, 6.45) is 3.36. The predicted octanol–water partition coefficient (Wildman–Crippen LogP) is 4.27. The van der Waals surface area contributed by atoms with E-state index in [9.17, 15) is 5.11 Å². The van der Waals surface area contributed by atoms with Gasteiger partial charge in [0.1, 0.15) is 10.9 Å². The van der Waals surface area contributed by atoms with Crippen LogP contribution in [0.25, 0.3) is 21.6 Å². The minimum Gasteiger partial charge on any atom is -0.383 e. The summed E-state index contributed by atoms with van der Waals surface area (Å²) in [6, 6.07) is 15.1. The van der Waals surface area contributed by atoms with E-state index in [1.807, 2.05) is 37.3 Å². The van der Waals surface area contributed by atoms with E-state index in [2.05, 4.69) is 11.1 Å². The van der Waals surface area contributed by atoms with Crippen molar-refractivity contribution < 1.29 is 5.11 Å². The van der Waals surface area contributed by atoms with Crippen molar-refractivity contribution in [3.05, 3.63) is 76.6 Å². The highest BCUT2D eigenvalue weighted by Gasteiger charge is 2.18. The largest absolute Gasteiger partial charge is 0.383 e. The number of fused-ring (bicyclic) bond motifs is 1. The maximum atomic E-state index is 10.7. The van der Waals surface area contributed by atoms with Crippen molar-refractivity contribution in [1.82, 2.24) is 15.0 Å². The summed E-state index contributed by atoms with van der Waals surface area (Å²) in [5.74, 6) is 0.598. The third-order valence-corrected chi connectivity index (χ3v) is 5.43. The summed E-state index contributed by atoms with van der Waals surface area (Å²) in [7, 11) is 0. The molecule has 1 N–H and O–H groups in total. The van der Waals surface area contributed by atoms with Crippen LogP contribution in [0.2, 0.25) is 0 Å². The average molecular weight is 372 g/mol. The molecule has 4 aromatic rings. The number of rotatable bonds is 4. The van der Waals surface area contributed by atoms with Crippen LogP contribution < -0.4 is 0 Å². The van der Waals surface area contributed by atoms with Gasteiger partial charge in [-0.15, -0.1) is 11.3 Å². The molecule has 0 aliphatic carbocycles. The van der Waals surface area contributed by atoms with Crippen molar-refractivity contribution in [3.63, 3.8) is 0 Å². The zero-order chi connectivity index (χ0) is 18.8. The normalized spacial score (nSPS) is 12.0. The number of aliphatic hydroxyl groups is 1. The molecular weight excluding hydrogens is 356 g/mol. The molecule has 4 rings (SSSR count). The van der Waals surface area contributed by atoms with Crippen molar-refractivity contribution in [3.8, 4) is 17.5 Å². The molecule has 3 aromatic heterocycles. The van der Waals surface area contributed by atoms with Crippen molar-refractivity contribution in [2.75, 3.05) is 0 Å². The van der Waals surface area contributed by atoms with E-state index in [0.29, 0.717) is 11.4 Å². The summed E-state index contributed by atoms with van der Waals surface area (Å²) < 4.78 is 0. The first-order valence-corrected chi connectivity index (χ1v) is 9.40. The molecule has 1 aromatic carbocycles. The Morgan fingerprint density at radius 1 is 1.19 bits per heavy atom. The Balaban J connectivity index is 1.82. The topological polar surface area (TPSA) is 82.7 Å². The second kappa shape index (κ2) is 7.23. The lowest BCUT2D eigenvalue weighted by Gasteiger charge is -2.06. The molecule has 1 atom stereocenters. The fourth-order valence-electron chi connectivity index (χ4n) is 2.96. The number of nitriles is 1. The predicted molar refractivity (Wildman–Crippen MR) is 105 cm³/mol. The Kier molecular flexibility index (Phi) is 4.63. The van der Waals surface area contributed by atoms with Gasteiger partial charge < -0.3 is 5.11 Å². The Hall–Kier alpha value is -3.14. The van der Waals surface area contributed by atoms with E-state index >= 15 is 0 Å². The van der Waals surface area contributed by atoms with Gasteiger partial charge in [-0.3, -0.25) is 4.98 Å². The molecule has 0 fully saturated rings. The van der Waals surface area contributed by atoms with Crippen molar-refractivity contribution in [1.29, 1.82) is 5.26 Å².